The summed E-state index contributed by atoms with van der Waals surface area (Å²) in [4.78, 5) is 20.0. The van der Waals surface area contributed by atoms with Gasteiger partial charge in [-0.05, 0) is 24.1 Å². The second-order valence-corrected chi connectivity index (χ2v) is 11.8. The monoisotopic (exact) mass is 501 g/mol. The predicted molar refractivity (Wildman–Crippen MR) is 125 cm³/mol. The molecule has 4 rings (SSSR count). The van der Waals surface area contributed by atoms with Crippen LogP contribution in [0, 0.1) is 0 Å². The van der Waals surface area contributed by atoms with Gasteiger partial charge in [0.15, 0.2) is 9.84 Å². The van der Waals surface area contributed by atoms with E-state index in [-0.39, 0.29) is 15.8 Å². The van der Waals surface area contributed by atoms with Gasteiger partial charge < -0.3 is 4.90 Å². The van der Waals surface area contributed by atoms with Gasteiger partial charge in [0.25, 0.3) is 5.91 Å². The number of likely N-dealkylation sites (tertiary alicyclic amines) is 1. The van der Waals surface area contributed by atoms with Crippen molar-refractivity contribution in [2.45, 2.75) is 23.9 Å². The van der Waals surface area contributed by atoms with E-state index in [1.165, 1.54) is 10.9 Å². The molecule has 1 amide bonds. The zero-order valence-corrected chi connectivity index (χ0v) is 20.4. The van der Waals surface area contributed by atoms with E-state index in [0.29, 0.717) is 24.0 Å². The molecule has 2 saturated heterocycles. The fraction of sp³-hybridized carbons (Fsp3) is 0.476. The Bertz CT molecular complexity index is 1050. The first kappa shape index (κ1) is 23.0. The summed E-state index contributed by atoms with van der Waals surface area (Å²) >= 11 is 13.3. The van der Waals surface area contributed by atoms with E-state index in [1.807, 2.05) is 12.1 Å². The maximum Gasteiger partial charge on any atom is 0.265 e. The topological polar surface area (TPSA) is 60.9 Å². The smallest absolute Gasteiger partial charge is 0.265 e. The van der Waals surface area contributed by atoms with Crippen molar-refractivity contribution in [3.05, 3.63) is 50.1 Å². The van der Waals surface area contributed by atoms with Gasteiger partial charge >= 0.3 is 0 Å². The minimum atomic E-state index is -3.44. The number of rotatable bonds is 5. The summed E-state index contributed by atoms with van der Waals surface area (Å²) in [5.41, 5.74) is 1.26. The Morgan fingerprint density at radius 2 is 1.77 bits per heavy atom. The molecule has 1 atom stereocenters. The lowest BCUT2D eigenvalue weighted by Crippen LogP contribution is -2.50. The first-order chi connectivity index (χ1) is 14.7. The van der Waals surface area contributed by atoms with E-state index in [4.69, 9.17) is 23.2 Å². The van der Waals surface area contributed by atoms with E-state index < -0.39 is 9.84 Å². The van der Waals surface area contributed by atoms with Crippen LogP contribution in [0.1, 0.15) is 21.7 Å². The molecule has 0 aliphatic carbocycles. The Balaban J connectivity index is 1.31. The molecular weight excluding hydrogens is 477 g/mol. The van der Waals surface area contributed by atoms with Gasteiger partial charge in [-0.1, -0.05) is 35.3 Å². The number of hydrogen-bond donors (Lipinski definition) is 0. The maximum atomic E-state index is 12.9. The van der Waals surface area contributed by atoms with E-state index in [1.54, 1.807) is 4.90 Å². The molecule has 1 aromatic carbocycles. The molecular formula is C21H25Cl2N3O3S2. The van der Waals surface area contributed by atoms with E-state index >= 15 is 0 Å². The van der Waals surface area contributed by atoms with E-state index in [0.717, 1.165) is 61.8 Å². The van der Waals surface area contributed by atoms with Gasteiger partial charge in [0.05, 0.1) is 9.92 Å². The third kappa shape index (κ3) is 5.26. The predicted octanol–water partition coefficient (Wildman–Crippen LogP) is 3.49. The molecule has 0 saturated carbocycles. The Hall–Kier alpha value is -1.16. The largest absolute Gasteiger partial charge is 0.336 e. The molecule has 0 bridgehead atoms. The Labute approximate surface area is 197 Å². The molecule has 2 aliphatic rings. The van der Waals surface area contributed by atoms with Crippen molar-refractivity contribution in [2.24, 2.45) is 0 Å². The summed E-state index contributed by atoms with van der Waals surface area (Å²) in [6, 6.07) is 8.32. The van der Waals surface area contributed by atoms with Crippen LogP contribution >= 0.6 is 34.5 Å². The molecule has 2 aromatic rings. The van der Waals surface area contributed by atoms with Crippen LogP contribution < -0.4 is 0 Å². The normalized spacial score (nSPS) is 21.0. The van der Waals surface area contributed by atoms with Crippen molar-refractivity contribution in [2.75, 3.05) is 45.5 Å². The number of thiophene rings is 1. The molecule has 0 N–H and O–H groups in total. The lowest BCUT2D eigenvalue weighted by atomic mass is 10.1. The summed E-state index contributed by atoms with van der Waals surface area (Å²) in [6.07, 6.45) is 2.03. The van der Waals surface area contributed by atoms with E-state index in [2.05, 4.69) is 21.9 Å². The summed E-state index contributed by atoms with van der Waals surface area (Å²) in [7, 11) is -3.44. The average Bonchev–Trinajstić information content (AvgIpc) is 3.37. The molecule has 0 radical (unpaired) electrons. The number of halogens is 2. The zero-order valence-electron chi connectivity index (χ0n) is 17.3. The van der Waals surface area contributed by atoms with Crippen molar-refractivity contribution >= 4 is 50.3 Å². The van der Waals surface area contributed by atoms with Crippen LogP contribution in [0.3, 0.4) is 0 Å². The average molecular weight is 502 g/mol. The maximum absolute atomic E-state index is 12.9. The van der Waals surface area contributed by atoms with Crippen LogP contribution in [0.4, 0.5) is 0 Å². The number of carbonyl (C=O) groups is 1. The summed E-state index contributed by atoms with van der Waals surface area (Å²) in [6.45, 7) is 6.15. The fourth-order valence-electron chi connectivity index (χ4n) is 4.22. The fourth-order valence-corrected chi connectivity index (χ4v) is 7.23. The van der Waals surface area contributed by atoms with Gasteiger partial charge in [0.1, 0.15) is 4.88 Å². The number of amides is 1. The van der Waals surface area contributed by atoms with Gasteiger partial charge in [0.2, 0.25) is 0 Å². The quantitative estimate of drug-likeness (QED) is 0.627. The van der Waals surface area contributed by atoms with Gasteiger partial charge in [0, 0.05) is 68.5 Å². The molecule has 2 aliphatic heterocycles. The Morgan fingerprint density at radius 1 is 1.10 bits per heavy atom. The standard InChI is InChI=1S/C21H25Cl2N3O3S2/c1-31(28,29)18-14-30-20(19(18)23)21(27)26-7-6-17(13-26)25-10-8-24(9-11-25)12-15-2-4-16(22)5-3-15/h2-5,14,17H,6-13H2,1H3/t17-/m1/s1. The van der Waals surface area contributed by atoms with Crippen LogP contribution in [-0.2, 0) is 16.4 Å². The van der Waals surface area contributed by atoms with Crippen molar-refractivity contribution in [3.63, 3.8) is 0 Å². The molecule has 0 unspecified atom stereocenters. The minimum Gasteiger partial charge on any atom is -0.336 e. The van der Waals surface area contributed by atoms with Gasteiger partial charge in [-0.2, -0.15) is 0 Å². The zero-order chi connectivity index (χ0) is 22.2. The molecule has 3 heterocycles. The van der Waals surface area contributed by atoms with Crippen LogP contribution in [0.25, 0.3) is 0 Å². The highest BCUT2D eigenvalue weighted by atomic mass is 35.5. The molecule has 2 fully saturated rings. The van der Waals surface area contributed by atoms with Crippen molar-refractivity contribution in [1.29, 1.82) is 0 Å². The van der Waals surface area contributed by atoms with E-state index in [9.17, 15) is 13.2 Å². The lowest BCUT2D eigenvalue weighted by Gasteiger charge is -2.38. The minimum absolute atomic E-state index is 0.0371. The molecule has 1 aromatic heterocycles. The van der Waals surface area contributed by atoms with Crippen LogP contribution in [0.5, 0.6) is 0 Å². The van der Waals surface area contributed by atoms with Crippen molar-refractivity contribution < 1.29 is 13.2 Å². The summed E-state index contributed by atoms with van der Waals surface area (Å²) in [5.74, 6) is -0.172. The SMILES string of the molecule is CS(=O)(=O)c1csc(C(=O)N2CC[C@@H](N3CCN(Cc4ccc(Cl)cc4)CC3)C2)c1Cl. The second kappa shape index (κ2) is 9.37. The van der Waals surface area contributed by atoms with Gasteiger partial charge in [-0.25, -0.2) is 8.42 Å². The highest BCUT2D eigenvalue weighted by Gasteiger charge is 2.34. The summed E-state index contributed by atoms with van der Waals surface area (Å²) < 4.78 is 23.6. The van der Waals surface area contributed by atoms with Crippen LogP contribution in [0.15, 0.2) is 34.5 Å². The molecule has 6 nitrogen and oxygen atoms in total. The van der Waals surface area contributed by atoms with Crippen molar-refractivity contribution in [3.8, 4) is 0 Å². The van der Waals surface area contributed by atoms with Gasteiger partial charge in [-0.3, -0.25) is 14.6 Å². The first-order valence-corrected chi connectivity index (χ1v) is 13.7. The third-order valence-electron chi connectivity index (χ3n) is 5.99. The molecule has 31 heavy (non-hydrogen) atoms. The highest BCUT2D eigenvalue weighted by Crippen LogP contribution is 2.33. The Morgan fingerprint density at radius 3 is 2.39 bits per heavy atom. The number of carbonyl (C=O) groups excluding carboxylic acids is 1. The van der Waals surface area contributed by atoms with Crippen LogP contribution in [0.2, 0.25) is 10.0 Å². The summed E-state index contributed by atoms with van der Waals surface area (Å²) in [5, 5.41) is 2.26. The highest BCUT2D eigenvalue weighted by molar-refractivity contribution is 7.91. The first-order valence-electron chi connectivity index (χ1n) is 10.2. The Kier molecular flexibility index (Phi) is 6.96. The number of nitrogens with zero attached hydrogens (tertiary/aromatic N) is 3. The van der Waals surface area contributed by atoms with Crippen LogP contribution in [-0.4, -0.2) is 80.6 Å². The van der Waals surface area contributed by atoms with Gasteiger partial charge in [-0.15, -0.1) is 11.3 Å². The third-order valence-corrected chi connectivity index (χ3v) is 9.09. The number of hydrogen-bond acceptors (Lipinski definition) is 6. The number of piperazine rings is 1. The lowest BCUT2D eigenvalue weighted by molar-refractivity contribution is 0.0738. The van der Waals surface area contributed by atoms with Crippen molar-refractivity contribution in [1.82, 2.24) is 14.7 Å². The molecule has 10 heteroatoms. The second-order valence-electron chi connectivity index (χ2n) is 8.15. The molecule has 0 spiro atoms. The number of sulfone groups is 1. The molecule has 168 valence electrons. The number of benzene rings is 1.